The van der Waals surface area contributed by atoms with E-state index >= 15 is 0 Å². The van der Waals surface area contributed by atoms with Crippen molar-refractivity contribution >= 4 is 21.9 Å². The smallest absolute Gasteiger partial charge is 0.277 e. The van der Waals surface area contributed by atoms with E-state index in [2.05, 4.69) is 9.97 Å². The summed E-state index contributed by atoms with van der Waals surface area (Å²) in [6, 6.07) is 7.66. The highest BCUT2D eigenvalue weighted by Gasteiger charge is 2.09. The molecule has 5 nitrogen and oxygen atoms in total. The summed E-state index contributed by atoms with van der Waals surface area (Å²) in [5, 5.41) is 9.80. The number of rotatable bonds is 2. The standard InChI is InChI=1S/C12H11N3O2/c16-6-5-15-7-13-10-8-3-1-2-4-9(8)14-11(10)12(15)17/h1-4,7,14,16H,5-6H2. The van der Waals surface area contributed by atoms with Gasteiger partial charge in [0.25, 0.3) is 5.56 Å². The van der Waals surface area contributed by atoms with Gasteiger partial charge in [0.1, 0.15) is 11.0 Å². The Hall–Kier alpha value is -2.14. The number of H-pyrrole nitrogens is 1. The largest absolute Gasteiger partial charge is 0.395 e. The molecular weight excluding hydrogens is 218 g/mol. The van der Waals surface area contributed by atoms with E-state index in [1.165, 1.54) is 10.9 Å². The normalized spacial score (nSPS) is 11.4. The van der Waals surface area contributed by atoms with Gasteiger partial charge in [-0.25, -0.2) is 4.98 Å². The molecule has 0 amide bonds. The predicted octanol–water partition coefficient (Wildman–Crippen LogP) is 0.870. The van der Waals surface area contributed by atoms with Crippen LogP contribution in [-0.4, -0.2) is 26.2 Å². The van der Waals surface area contributed by atoms with E-state index < -0.39 is 0 Å². The number of hydrogen-bond acceptors (Lipinski definition) is 3. The van der Waals surface area contributed by atoms with Gasteiger partial charge in [-0.05, 0) is 6.07 Å². The van der Waals surface area contributed by atoms with Gasteiger partial charge in [-0.15, -0.1) is 0 Å². The summed E-state index contributed by atoms with van der Waals surface area (Å²) >= 11 is 0. The molecule has 0 fully saturated rings. The van der Waals surface area contributed by atoms with Crippen LogP contribution < -0.4 is 5.56 Å². The van der Waals surface area contributed by atoms with Gasteiger partial charge in [0.15, 0.2) is 0 Å². The minimum atomic E-state index is -0.153. The van der Waals surface area contributed by atoms with Crippen molar-refractivity contribution in [3.63, 3.8) is 0 Å². The van der Waals surface area contributed by atoms with Crippen LogP contribution in [0.4, 0.5) is 0 Å². The monoisotopic (exact) mass is 229 g/mol. The van der Waals surface area contributed by atoms with Gasteiger partial charge in [0.05, 0.1) is 19.5 Å². The molecule has 0 saturated carbocycles. The first-order valence-corrected chi connectivity index (χ1v) is 5.38. The van der Waals surface area contributed by atoms with Crippen LogP contribution in [0.25, 0.3) is 21.9 Å². The Morgan fingerprint density at radius 3 is 3.00 bits per heavy atom. The molecule has 0 aliphatic heterocycles. The summed E-state index contributed by atoms with van der Waals surface area (Å²) < 4.78 is 1.40. The van der Waals surface area contributed by atoms with Crippen LogP contribution >= 0.6 is 0 Å². The van der Waals surface area contributed by atoms with Crippen molar-refractivity contribution in [1.29, 1.82) is 0 Å². The molecule has 0 aliphatic rings. The summed E-state index contributed by atoms with van der Waals surface area (Å²) in [5.41, 5.74) is 1.91. The second-order valence-corrected chi connectivity index (χ2v) is 3.86. The number of nitrogens with zero attached hydrogens (tertiary/aromatic N) is 2. The van der Waals surface area contributed by atoms with E-state index in [4.69, 9.17) is 5.11 Å². The van der Waals surface area contributed by atoms with E-state index in [1.54, 1.807) is 0 Å². The Bertz CT molecular complexity index is 742. The zero-order chi connectivity index (χ0) is 11.8. The predicted molar refractivity (Wildman–Crippen MR) is 64.9 cm³/mol. The molecule has 0 bridgehead atoms. The Morgan fingerprint density at radius 1 is 1.35 bits per heavy atom. The lowest BCUT2D eigenvalue weighted by Crippen LogP contribution is -2.22. The Kier molecular flexibility index (Phi) is 2.19. The molecule has 0 unspecified atom stereocenters. The quantitative estimate of drug-likeness (QED) is 0.685. The van der Waals surface area contributed by atoms with Crippen LogP contribution in [-0.2, 0) is 6.54 Å². The summed E-state index contributed by atoms with van der Waals surface area (Å²) in [6.07, 6.45) is 1.47. The first kappa shape index (κ1) is 10.0. The van der Waals surface area contributed by atoms with Crippen LogP contribution in [0.5, 0.6) is 0 Å². The lowest BCUT2D eigenvalue weighted by Gasteiger charge is -2.01. The average molecular weight is 229 g/mol. The highest BCUT2D eigenvalue weighted by Crippen LogP contribution is 2.20. The summed E-state index contributed by atoms with van der Waals surface area (Å²) in [6.45, 7) is 0.185. The van der Waals surface area contributed by atoms with Gasteiger partial charge in [-0.1, -0.05) is 18.2 Å². The number of aromatic amines is 1. The van der Waals surface area contributed by atoms with Crippen molar-refractivity contribution in [2.45, 2.75) is 6.54 Å². The number of para-hydroxylation sites is 1. The van der Waals surface area contributed by atoms with Crippen molar-refractivity contribution in [2.75, 3.05) is 6.61 Å². The molecule has 0 atom stereocenters. The topological polar surface area (TPSA) is 70.9 Å². The molecule has 2 aromatic heterocycles. The third-order valence-corrected chi connectivity index (χ3v) is 2.82. The summed E-state index contributed by atoms with van der Waals surface area (Å²) in [4.78, 5) is 19.4. The molecule has 3 aromatic rings. The van der Waals surface area contributed by atoms with Crippen molar-refractivity contribution in [1.82, 2.24) is 14.5 Å². The second kappa shape index (κ2) is 3.71. The van der Waals surface area contributed by atoms with Crippen molar-refractivity contribution in [2.24, 2.45) is 0 Å². The lowest BCUT2D eigenvalue weighted by atomic mass is 10.2. The lowest BCUT2D eigenvalue weighted by molar-refractivity contribution is 0.274. The molecule has 0 radical (unpaired) electrons. The SMILES string of the molecule is O=c1c2[nH]c3ccccc3c2ncn1CCO. The zero-order valence-corrected chi connectivity index (χ0v) is 9.05. The highest BCUT2D eigenvalue weighted by molar-refractivity contribution is 6.04. The maximum atomic E-state index is 12.1. The molecule has 17 heavy (non-hydrogen) atoms. The summed E-state index contributed by atoms with van der Waals surface area (Å²) in [5.74, 6) is 0. The Morgan fingerprint density at radius 2 is 2.18 bits per heavy atom. The Balaban J connectivity index is 2.41. The fourth-order valence-electron chi connectivity index (χ4n) is 2.01. The molecule has 0 saturated heterocycles. The molecule has 3 rings (SSSR count). The van der Waals surface area contributed by atoms with Gasteiger partial charge in [0.2, 0.25) is 0 Å². The van der Waals surface area contributed by atoms with Crippen LogP contribution in [0.15, 0.2) is 35.4 Å². The minimum absolute atomic E-state index is 0.0761. The van der Waals surface area contributed by atoms with Crippen LogP contribution in [0.3, 0.4) is 0 Å². The van der Waals surface area contributed by atoms with E-state index in [0.717, 1.165) is 10.9 Å². The number of benzene rings is 1. The third kappa shape index (κ3) is 1.43. The molecule has 2 N–H and O–H groups in total. The van der Waals surface area contributed by atoms with E-state index in [1.807, 2.05) is 24.3 Å². The minimum Gasteiger partial charge on any atom is -0.395 e. The molecule has 2 heterocycles. The van der Waals surface area contributed by atoms with Gasteiger partial charge >= 0.3 is 0 Å². The third-order valence-electron chi connectivity index (χ3n) is 2.82. The van der Waals surface area contributed by atoms with E-state index in [9.17, 15) is 4.79 Å². The molecule has 0 spiro atoms. The molecule has 1 aromatic carbocycles. The van der Waals surface area contributed by atoms with Gasteiger partial charge in [-0.2, -0.15) is 0 Å². The first-order valence-electron chi connectivity index (χ1n) is 5.38. The zero-order valence-electron chi connectivity index (χ0n) is 9.05. The fraction of sp³-hybridized carbons (Fsp3) is 0.167. The summed E-state index contributed by atoms with van der Waals surface area (Å²) in [7, 11) is 0. The fourth-order valence-corrected chi connectivity index (χ4v) is 2.01. The molecule has 5 heteroatoms. The van der Waals surface area contributed by atoms with E-state index in [-0.39, 0.29) is 18.7 Å². The van der Waals surface area contributed by atoms with Crippen LogP contribution in [0, 0.1) is 0 Å². The van der Waals surface area contributed by atoms with Crippen LogP contribution in [0.1, 0.15) is 0 Å². The number of aromatic nitrogens is 3. The first-order chi connectivity index (χ1) is 8.31. The van der Waals surface area contributed by atoms with Gasteiger partial charge < -0.3 is 10.1 Å². The number of aliphatic hydroxyl groups excluding tert-OH is 1. The second-order valence-electron chi connectivity index (χ2n) is 3.86. The number of nitrogens with one attached hydrogen (secondary N) is 1. The number of fused-ring (bicyclic) bond motifs is 3. The molecular formula is C12H11N3O2. The van der Waals surface area contributed by atoms with Crippen molar-refractivity contribution in [3.8, 4) is 0 Å². The van der Waals surface area contributed by atoms with E-state index in [0.29, 0.717) is 11.0 Å². The van der Waals surface area contributed by atoms with Gasteiger partial charge in [0, 0.05) is 10.9 Å². The highest BCUT2D eigenvalue weighted by atomic mass is 16.3. The number of aliphatic hydroxyl groups is 1. The van der Waals surface area contributed by atoms with Crippen molar-refractivity contribution < 1.29 is 5.11 Å². The molecule has 86 valence electrons. The van der Waals surface area contributed by atoms with Crippen molar-refractivity contribution in [3.05, 3.63) is 40.9 Å². The van der Waals surface area contributed by atoms with Crippen LogP contribution in [0.2, 0.25) is 0 Å². The Labute approximate surface area is 96.3 Å². The maximum absolute atomic E-state index is 12.1. The average Bonchev–Trinajstić information content (AvgIpc) is 2.73. The van der Waals surface area contributed by atoms with Gasteiger partial charge in [-0.3, -0.25) is 9.36 Å². The molecule has 0 aliphatic carbocycles. The maximum Gasteiger partial charge on any atom is 0.277 e. The number of hydrogen-bond donors (Lipinski definition) is 2.